The Labute approximate surface area is 136 Å². The van der Waals surface area contributed by atoms with Crippen molar-refractivity contribution in [1.82, 2.24) is 0 Å². The fraction of sp³-hybridized carbons (Fsp3) is 0.895. The van der Waals surface area contributed by atoms with Gasteiger partial charge in [0, 0.05) is 19.3 Å². The molecule has 22 heavy (non-hydrogen) atoms. The van der Waals surface area contributed by atoms with Crippen LogP contribution in [0.25, 0.3) is 0 Å². The Morgan fingerprint density at radius 1 is 0.591 bits per heavy atom. The van der Waals surface area contributed by atoms with Gasteiger partial charge in [-0.2, -0.15) is 0 Å². The Morgan fingerprint density at radius 3 is 1.36 bits per heavy atom. The summed E-state index contributed by atoms with van der Waals surface area (Å²) in [6.45, 7) is 2.13. The van der Waals surface area contributed by atoms with Crippen molar-refractivity contribution >= 4 is 11.8 Å². The zero-order valence-corrected chi connectivity index (χ0v) is 14.6. The molecule has 0 atom stereocenters. The molecule has 0 fully saturated rings. The number of carbonyl (C=O) groups is 2. The van der Waals surface area contributed by atoms with E-state index >= 15 is 0 Å². The van der Waals surface area contributed by atoms with Gasteiger partial charge < -0.3 is 5.11 Å². The SMILES string of the molecule is CCCCC(=O)CCCCCCCCCCCCCC(=O)O. The van der Waals surface area contributed by atoms with Gasteiger partial charge in [0.15, 0.2) is 0 Å². The number of carbonyl (C=O) groups excluding carboxylic acids is 1. The van der Waals surface area contributed by atoms with Crippen molar-refractivity contribution in [3.63, 3.8) is 0 Å². The maximum absolute atomic E-state index is 11.5. The third-order valence-electron chi connectivity index (χ3n) is 4.16. The van der Waals surface area contributed by atoms with E-state index in [0.717, 1.165) is 44.9 Å². The molecule has 0 rings (SSSR count). The minimum absolute atomic E-state index is 0.320. The molecule has 0 heterocycles. The van der Waals surface area contributed by atoms with Crippen LogP contribution in [0, 0.1) is 0 Å². The van der Waals surface area contributed by atoms with Gasteiger partial charge in [-0.05, 0) is 19.3 Å². The quantitative estimate of drug-likeness (QED) is 0.340. The van der Waals surface area contributed by atoms with Gasteiger partial charge in [0.05, 0.1) is 0 Å². The number of unbranched alkanes of at least 4 members (excludes halogenated alkanes) is 11. The van der Waals surface area contributed by atoms with E-state index in [9.17, 15) is 9.59 Å². The molecule has 0 aromatic carbocycles. The van der Waals surface area contributed by atoms with Crippen molar-refractivity contribution in [2.24, 2.45) is 0 Å². The number of rotatable bonds is 17. The molecule has 0 saturated heterocycles. The summed E-state index contributed by atoms with van der Waals surface area (Å²) in [5.41, 5.74) is 0. The molecule has 0 spiro atoms. The van der Waals surface area contributed by atoms with Crippen LogP contribution in [0.4, 0.5) is 0 Å². The van der Waals surface area contributed by atoms with Gasteiger partial charge in [-0.1, -0.05) is 71.1 Å². The highest BCUT2D eigenvalue weighted by Gasteiger charge is 2.00. The lowest BCUT2D eigenvalue weighted by Crippen LogP contribution is -1.96. The van der Waals surface area contributed by atoms with Crippen LogP contribution in [0.3, 0.4) is 0 Å². The number of ketones is 1. The lowest BCUT2D eigenvalue weighted by molar-refractivity contribution is -0.137. The van der Waals surface area contributed by atoms with Crippen LogP contribution in [0.5, 0.6) is 0 Å². The first kappa shape index (κ1) is 21.1. The number of hydrogen-bond acceptors (Lipinski definition) is 2. The maximum atomic E-state index is 11.5. The monoisotopic (exact) mass is 312 g/mol. The van der Waals surface area contributed by atoms with Gasteiger partial charge in [-0.15, -0.1) is 0 Å². The Kier molecular flexibility index (Phi) is 15.9. The summed E-state index contributed by atoms with van der Waals surface area (Å²) in [7, 11) is 0. The molecule has 0 aliphatic rings. The fourth-order valence-electron chi connectivity index (χ4n) is 2.69. The molecule has 3 heteroatoms. The molecule has 0 unspecified atom stereocenters. The molecule has 0 aliphatic carbocycles. The number of hydrogen-bond donors (Lipinski definition) is 1. The van der Waals surface area contributed by atoms with Gasteiger partial charge in [0.1, 0.15) is 5.78 Å². The molecule has 0 aliphatic heterocycles. The first-order valence-corrected chi connectivity index (χ1v) is 9.40. The highest BCUT2D eigenvalue weighted by molar-refractivity contribution is 5.78. The smallest absolute Gasteiger partial charge is 0.303 e. The summed E-state index contributed by atoms with van der Waals surface area (Å²) in [6.07, 6.45) is 17.1. The normalized spacial score (nSPS) is 10.8. The Hall–Kier alpha value is -0.860. The van der Waals surface area contributed by atoms with E-state index in [-0.39, 0.29) is 0 Å². The van der Waals surface area contributed by atoms with Crippen LogP contribution >= 0.6 is 0 Å². The molecule has 0 saturated carbocycles. The first-order valence-electron chi connectivity index (χ1n) is 9.40. The Morgan fingerprint density at radius 2 is 0.955 bits per heavy atom. The molecule has 0 bridgehead atoms. The molecule has 0 radical (unpaired) electrons. The van der Waals surface area contributed by atoms with Crippen molar-refractivity contribution in [3.8, 4) is 0 Å². The lowest BCUT2D eigenvalue weighted by Gasteiger charge is -2.03. The third-order valence-corrected chi connectivity index (χ3v) is 4.16. The van der Waals surface area contributed by atoms with Gasteiger partial charge in [0.25, 0.3) is 0 Å². The third kappa shape index (κ3) is 17.2. The predicted octanol–water partition coefficient (Wildman–Crippen LogP) is 5.90. The second-order valence-corrected chi connectivity index (χ2v) is 6.43. The van der Waals surface area contributed by atoms with Crippen LogP contribution in [-0.2, 0) is 9.59 Å². The number of aliphatic carboxylic acids is 1. The molecule has 0 amide bonds. The van der Waals surface area contributed by atoms with Crippen LogP contribution in [0.1, 0.15) is 110 Å². The standard InChI is InChI=1S/C19H36O3/c1-2-3-15-18(20)16-13-11-9-7-5-4-6-8-10-12-14-17-19(21)22/h2-17H2,1H3,(H,21,22). The van der Waals surface area contributed by atoms with Crippen LogP contribution in [0.2, 0.25) is 0 Å². The molecule has 1 N–H and O–H groups in total. The van der Waals surface area contributed by atoms with E-state index in [2.05, 4.69) is 6.92 Å². The van der Waals surface area contributed by atoms with Crippen LogP contribution < -0.4 is 0 Å². The Bertz CT molecular complexity index is 274. The highest BCUT2D eigenvalue weighted by atomic mass is 16.4. The van der Waals surface area contributed by atoms with E-state index in [1.165, 1.54) is 51.4 Å². The van der Waals surface area contributed by atoms with Crippen molar-refractivity contribution in [2.45, 2.75) is 110 Å². The van der Waals surface area contributed by atoms with Crippen molar-refractivity contribution in [3.05, 3.63) is 0 Å². The Balaban J connectivity index is 3.08. The van der Waals surface area contributed by atoms with E-state index in [1.54, 1.807) is 0 Å². The zero-order chi connectivity index (χ0) is 16.5. The molecular formula is C19H36O3. The molecular weight excluding hydrogens is 276 g/mol. The van der Waals surface area contributed by atoms with Crippen LogP contribution in [0.15, 0.2) is 0 Å². The number of carboxylic acid groups (broad SMARTS) is 1. The fourth-order valence-corrected chi connectivity index (χ4v) is 2.69. The van der Waals surface area contributed by atoms with E-state index in [0.29, 0.717) is 12.2 Å². The second-order valence-electron chi connectivity index (χ2n) is 6.43. The molecule has 0 aromatic heterocycles. The maximum Gasteiger partial charge on any atom is 0.303 e. The van der Waals surface area contributed by atoms with Gasteiger partial charge in [-0.3, -0.25) is 9.59 Å². The van der Waals surface area contributed by atoms with Crippen molar-refractivity contribution in [1.29, 1.82) is 0 Å². The predicted molar refractivity (Wildman–Crippen MR) is 92.2 cm³/mol. The summed E-state index contributed by atoms with van der Waals surface area (Å²) in [4.78, 5) is 21.8. The van der Waals surface area contributed by atoms with E-state index in [4.69, 9.17) is 5.11 Å². The minimum atomic E-state index is -0.674. The zero-order valence-electron chi connectivity index (χ0n) is 14.6. The summed E-state index contributed by atoms with van der Waals surface area (Å²) in [6, 6.07) is 0. The van der Waals surface area contributed by atoms with Crippen molar-refractivity contribution in [2.75, 3.05) is 0 Å². The van der Waals surface area contributed by atoms with E-state index in [1.807, 2.05) is 0 Å². The van der Waals surface area contributed by atoms with Gasteiger partial charge >= 0.3 is 5.97 Å². The largest absolute Gasteiger partial charge is 0.481 e. The lowest BCUT2D eigenvalue weighted by atomic mass is 10.0. The second kappa shape index (κ2) is 16.5. The average molecular weight is 312 g/mol. The minimum Gasteiger partial charge on any atom is -0.481 e. The van der Waals surface area contributed by atoms with Gasteiger partial charge in [0.2, 0.25) is 0 Å². The molecule has 3 nitrogen and oxygen atoms in total. The molecule has 0 aromatic rings. The van der Waals surface area contributed by atoms with Gasteiger partial charge in [-0.25, -0.2) is 0 Å². The number of Topliss-reactive ketones (excluding diaryl/α,β-unsaturated/α-hetero) is 1. The van der Waals surface area contributed by atoms with Crippen LogP contribution in [-0.4, -0.2) is 16.9 Å². The van der Waals surface area contributed by atoms with Crippen molar-refractivity contribution < 1.29 is 14.7 Å². The topological polar surface area (TPSA) is 54.4 Å². The summed E-state index contributed by atoms with van der Waals surface area (Å²) in [5, 5.41) is 8.52. The molecule has 130 valence electrons. The first-order chi connectivity index (χ1) is 10.7. The number of carboxylic acids is 1. The summed E-state index contributed by atoms with van der Waals surface area (Å²) < 4.78 is 0. The summed E-state index contributed by atoms with van der Waals surface area (Å²) >= 11 is 0. The highest BCUT2D eigenvalue weighted by Crippen LogP contribution is 2.13. The van der Waals surface area contributed by atoms with E-state index < -0.39 is 5.97 Å². The average Bonchev–Trinajstić information content (AvgIpc) is 2.49. The summed E-state index contributed by atoms with van der Waals surface area (Å²) in [5.74, 6) is -0.225.